The van der Waals surface area contributed by atoms with Gasteiger partial charge in [-0.3, -0.25) is 4.79 Å². The largest absolute Gasteiger partial charge is 0.392 e. The van der Waals surface area contributed by atoms with Gasteiger partial charge in [0.2, 0.25) is 0 Å². The van der Waals surface area contributed by atoms with Crippen LogP contribution in [0.2, 0.25) is 0 Å². The zero-order valence-corrected chi connectivity index (χ0v) is 6.05. The molecule has 0 saturated heterocycles. The average molecular weight is 146 g/mol. The Kier molecular flexibility index (Phi) is 4.49. The van der Waals surface area contributed by atoms with Crippen LogP contribution >= 0.6 is 0 Å². The van der Waals surface area contributed by atoms with E-state index in [2.05, 4.69) is 9.47 Å². The first-order valence-corrected chi connectivity index (χ1v) is 2.95. The van der Waals surface area contributed by atoms with Crippen LogP contribution in [-0.2, 0) is 19.1 Å². The van der Waals surface area contributed by atoms with Crippen LogP contribution < -0.4 is 0 Å². The van der Waals surface area contributed by atoms with E-state index in [1.54, 1.807) is 6.92 Å². The predicted octanol–water partition coefficient (Wildman–Crippen LogP) is 0.113. The summed E-state index contributed by atoms with van der Waals surface area (Å²) in [5.41, 5.74) is 0. The van der Waals surface area contributed by atoms with Crippen molar-refractivity contribution in [2.24, 2.45) is 0 Å². The quantitative estimate of drug-likeness (QED) is 0.419. The number of hydrogen-bond donors (Lipinski definition) is 0. The monoisotopic (exact) mass is 146 g/mol. The van der Waals surface area contributed by atoms with Crippen molar-refractivity contribution in [3.63, 3.8) is 0 Å². The number of hydrogen-bond acceptors (Lipinski definition) is 4. The summed E-state index contributed by atoms with van der Waals surface area (Å²) in [6.07, 6.45) is 0. The molecule has 0 aromatic heterocycles. The van der Waals surface area contributed by atoms with Crippen LogP contribution in [0.25, 0.3) is 0 Å². The van der Waals surface area contributed by atoms with Crippen molar-refractivity contribution in [1.29, 1.82) is 0 Å². The fourth-order valence-corrected chi connectivity index (χ4v) is 0.375. The molecule has 0 bridgehead atoms. The van der Waals surface area contributed by atoms with Crippen LogP contribution in [0.3, 0.4) is 0 Å². The Labute approximate surface area is 59.1 Å². The van der Waals surface area contributed by atoms with Crippen LogP contribution in [0, 0.1) is 0 Å². The summed E-state index contributed by atoms with van der Waals surface area (Å²) in [5, 5.41) is 0. The maximum absolute atomic E-state index is 10.4. The first-order valence-electron chi connectivity index (χ1n) is 2.95. The molecule has 0 aliphatic rings. The van der Waals surface area contributed by atoms with Gasteiger partial charge < -0.3 is 9.47 Å². The van der Waals surface area contributed by atoms with Crippen molar-refractivity contribution in [2.45, 2.75) is 13.8 Å². The fourth-order valence-electron chi connectivity index (χ4n) is 0.375. The van der Waals surface area contributed by atoms with E-state index in [-0.39, 0.29) is 6.61 Å². The van der Waals surface area contributed by atoms with Gasteiger partial charge in [-0.25, -0.2) is 4.79 Å². The highest BCUT2D eigenvalue weighted by Crippen LogP contribution is 1.81. The molecular weight excluding hydrogens is 136 g/mol. The highest BCUT2D eigenvalue weighted by Gasteiger charge is 2.03. The van der Waals surface area contributed by atoms with Crippen molar-refractivity contribution in [1.82, 2.24) is 0 Å². The van der Waals surface area contributed by atoms with Crippen LogP contribution in [0.5, 0.6) is 0 Å². The van der Waals surface area contributed by atoms with Crippen LogP contribution in [-0.4, -0.2) is 25.2 Å². The minimum absolute atomic E-state index is 0.157. The van der Waals surface area contributed by atoms with Gasteiger partial charge in [0.1, 0.15) is 6.61 Å². The molecule has 0 radical (unpaired) electrons. The first kappa shape index (κ1) is 9.10. The molecule has 0 atom stereocenters. The second kappa shape index (κ2) is 4.93. The van der Waals surface area contributed by atoms with E-state index < -0.39 is 11.9 Å². The average Bonchev–Trinajstić information content (AvgIpc) is 1.82. The minimum atomic E-state index is -0.644. The molecule has 0 rings (SSSR count). The van der Waals surface area contributed by atoms with Gasteiger partial charge in [-0.1, -0.05) is 0 Å². The normalized spacial score (nSPS) is 9.00. The maximum Gasteiger partial charge on any atom is 0.339 e. The Morgan fingerprint density at radius 2 is 2.00 bits per heavy atom. The number of rotatable bonds is 3. The van der Waals surface area contributed by atoms with E-state index in [1.165, 1.54) is 6.92 Å². The Bertz CT molecular complexity index is 130. The fraction of sp³-hybridized carbons (Fsp3) is 0.667. The molecule has 0 amide bonds. The predicted molar refractivity (Wildman–Crippen MR) is 33.3 cm³/mol. The van der Waals surface area contributed by atoms with E-state index >= 15 is 0 Å². The van der Waals surface area contributed by atoms with E-state index in [0.29, 0.717) is 6.61 Å². The molecule has 0 aromatic rings. The summed E-state index contributed by atoms with van der Waals surface area (Å²) in [6.45, 7) is 3.20. The smallest absolute Gasteiger partial charge is 0.339 e. The molecule has 0 heterocycles. The lowest BCUT2D eigenvalue weighted by atomic mass is 10.7. The van der Waals surface area contributed by atoms with Gasteiger partial charge in [-0.15, -0.1) is 0 Å². The lowest BCUT2D eigenvalue weighted by Crippen LogP contribution is -2.15. The molecule has 4 nitrogen and oxygen atoms in total. The summed E-state index contributed by atoms with van der Waals surface area (Å²) in [6, 6.07) is 0. The number of carbonyl (C=O) groups excluding carboxylic acids is 2. The molecule has 0 spiro atoms. The number of ether oxygens (including phenoxy) is 2. The molecule has 0 saturated carbocycles. The third-order valence-corrected chi connectivity index (χ3v) is 0.682. The zero-order valence-electron chi connectivity index (χ0n) is 6.05. The first-order chi connectivity index (χ1) is 4.66. The van der Waals surface area contributed by atoms with Gasteiger partial charge >= 0.3 is 11.9 Å². The molecule has 0 aromatic carbocycles. The summed E-state index contributed by atoms with van der Waals surface area (Å²) < 4.78 is 8.82. The van der Waals surface area contributed by atoms with Crippen molar-refractivity contribution in [2.75, 3.05) is 13.2 Å². The molecule has 0 aliphatic heterocycles. The summed E-state index contributed by atoms with van der Waals surface area (Å²) in [7, 11) is 0. The van der Waals surface area contributed by atoms with Crippen molar-refractivity contribution in [3.05, 3.63) is 0 Å². The second-order valence-corrected chi connectivity index (χ2v) is 1.60. The van der Waals surface area contributed by atoms with Gasteiger partial charge in [-0.2, -0.15) is 0 Å². The maximum atomic E-state index is 10.4. The molecule has 4 heteroatoms. The molecular formula is C6H10O4. The van der Waals surface area contributed by atoms with Gasteiger partial charge in [0.05, 0.1) is 0 Å². The zero-order chi connectivity index (χ0) is 7.98. The highest BCUT2D eigenvalue weighted by atomic mass is 16.6. The number of carbonyl (C=O) groups is 2. The second-order valence-electron chi connectivity index (χ2n) is 1.60. The topological polar surface area (TPSA) is 52.6 Å². The number of esters is 2. The molecule has 0 fully saturated rings. The van der Waals surface area contributed by atoms with Gasteiger partial charge in [0.15, 0.2) is 0 Å². The lowest BCUT2D eigenvalue weighted by molar-refractivity contribution is -0.161. The van der Waals surface area contributed by atoms with E-state index in [1.807, 2.05) is 0 Å². The Balaban J connectivity index is 3.35. The van der Waals surface area contributed by atoms with Crippen molar-refractivity contribution < 1.29 is 19.1 Å². The standard InChI is InChI=1S/C6H10O4/c1-3-9-4-6(8)10-5(2)7/h3-4H2,1-2H3. The molecule has 58 valence electrons. The lowest BCUT2D eigenvalue weighted by Gasteiger charge is -1.98. The molecule has 0 N–H and O–H groups in total. The minimum Gasteiger partial charge on any atom is -0.392 e. The Morgan fingerprint density at radius 1 is 1.40 bits per heavy atom. The van der Waals surface area contributed by atoms with Crippen molar-refractivity contribution >= 4 is 11.9 Å². The Morgan fingerprint density at radius 3 is 2.40 bits per heavy atom. The third kappa shape index (κ3) is 5.24. The molecule has 0 unspecified atom stereocenters. The van der Waals surface area contributed by atoms with Gasteiger partial charge in [-0.05, 0) is 6.92 Å². The summed E-state index contributed by atoms with van der Waals surface area (Å²) >= 11 is 0. The van der Waals surface area contributed by atoms with Crippen molar-refractivity contribution in [3.8, 4) is 0 Å². The van der Waals surface area contributed by atoms with Crippen LogP contribution in [0.4, 0.5) is 0 Å². The summed E-state index contributed by atoms with van der Waals surface area (Å²) in [4.78, 5) is 20.6. The Hall–Kier alpha value is -0.900. The summed E-state index contributed by atoms with van der Waals surface area (Å²) in [5.74, 6) is -1.25. The van der Waals surface area contributed by atoms with Crippen LogP contribution in [0.15, 0.2) is 0 Å². The van der Waals surface area contributed by atoms with Crippen LogP contribution in [0.1, 0.15) is 13.8 Å². The van der Waals surface area contributed by atoms with E-state index in [4.69, 9.17) is 0 Å². The van der Waals surface area contributed by atoms with Gasteiger partial charge in [0.25, 0.3) is 0 Å². The molecule has 10 heavy (non-hydrogen) atoms. The SMILES string of the molecule is CCOCC(=O)OC(C)=O. The molecule has 0 aliphatic carbocycles. The third-order valence-electron chi connectivity index (χ3n) is 0.682. The highest BCUT2D eigenvalue weighted by molar-refractivity contribution is 5.84. The van der Waals surface area contributed by atoms with E-state index in [0.717, 1.165) is 0 Å². The van der Waals surface area contributed by atoms with E-state index in [9.17, 15) is 9.59 Å². The van der Waals surface area contributed by atoms with Gasteiger partial charge in [0, 0.05) is 13.5 Å².